The van der Waals surface area contributed by atoms with Gasteiger partial charge in [0.1, 0.15) is 5.03 Å². The second-order valence-electron chi connectivity index (χ2n) is 5.04. The maximum absolute atomic E-state index is 11.4. The number of nitrogens with two attached hydrogens (primary N) is 1. The zero-order valence-electron chi connectivity index (χ0n) is 12.2. The molecule has 3 N–H and O–H groups in total. The summed E-state index contributed by atoms with van der Waals surface area (Å²) in [4.78, 5) is 22.7. The van der Waals surface area contributed by atoms with Crippen molar-refractivity contribution in [2.45, 2.75) is 31.0 Å². The molecule has 0 aliphatic rings. The number of nitrogens with zero attached hydrogens (tertiary/aromatic N) is 2. The van der Waals surface area contributed by atoms with Crippen LogP contribution in [0.3, 0.4) is 0 Å². The third kappa shape index (κ3) is 4.49. The molecule has 0 atom stereocenters. The molecule has 0 aliphatic carbocycles. The summed E-state index contributed by atoms with van der Waals surface area (Å²) in [6, 6.07) is 4.95. The summed E-state index contributed by atoms with van der Waals surface area (Å²) >= 11 is 1.26. The van der Waals surface area contributed by atoms with Crippen LogP contribution < -0.4 is 16.0 Å². The summed E-state index contributed by atoms with van der Waals surface area (Å²) in [5.74, 6) is 0.793. The Kier molecular flexibility index (Phi) is 4.85. The molecule has 0 radical (unpaired) electrons. The van der Waals surface area contributed by atoms with E-state index in [-0.39, 0.29) is 5.56 Å². The van der Waals surface area contributed by atoms with E-state index in [0.717, 1.165) is 0 Å². The first-order valence-electron chi connectivity index (χ1n) is 6.59. The molecule has 6 nitrogen and oxygen atoms in total. The Labute approximate surface area is 127 Å². The summed E-state index contributed by atoms with van der Waals surface area (Å²) < 4.78 is 5.58. The van der Waals surface area contributed by atoms with Crippen LogP contribution in [-0.4, -0.2) is 21.6 Å². The number of nitrogens with one attached hydrogen (secondary N) is 1. The number of aryl methyl sites for hydroxylation is 1. The highest BCUT2D eigenvalue weighted by Crippen LogP contribution is 2.27. The minimum atomic E-state index is -0.184. The Balaban J connectivity index is 2.20. The average molecular weight is 306 g/mol. The van der Waals surface area contributed by atoms with E-state index in [1.807, 2.05) is 0 Å². The monoisotopic (exact) mass is 306 g/mol. The number of hydrogen-bond acceptors (Lipinski definition) is 6. The highest BCUT2D eigenvalue weighted by atomic mass is 32.2. The van der Waals surface area contributed by atoms with Crippen LogP contribution in [0.4, 0.5) is 5.69 Å². The topological polar surface area (TPSA) is 93.9 Å². The van der Waals surface area contributed by atoms with Gasteiger partial charge in [0.25, 0.3) is 5.56 Å². The molecule has 0 unspecified atom stereocenters. The minimum absolute atomic E-state index is 0.184. The van der Waals surface area contributed by atoms with Crippen LogP contribution in [-0.2, 0) is 0 Å². The predicted molar refractivity (Wildman–Crippen MR) is 82.7 cm³/mol. The summed E-state index contributed by atoms with van der Waals surface area (Å²) in [6.07, 6.45) is 0. The van der Waals surface area contributed by atoms with Crippen LogP contribution in [0.15, 0.2) is 33.2 Å². The number of aromatic amines is 1. The van der Waals surface area contributed by atoms with Crippen molar-refractivity contribution in [1.29, 1.82) is 0 Å². The van der Waals surface area contributed by atoms with Crippen LogP contribution in [0.1, 0.15) is 19.5 Å². The third-order valence-corrected chi connectivity index (χ3v) is 3.29. The van der Waals surface area contributed by atoms with Crippen molar-refractivity contribution in [3.8, 4) is 5.88 Å². The van der Waals surface area contributed by atoms with E-state index in [9.17, 15) is 4.79 Å². The molecule has 0 aliphatic heterocycles. The Morgan fingerprint density at radius 1 is 1.38 bits per heavy atom. The fraction of sp³-hybridized carbons (Fsp3) is 0.357. The van der Waals surface area contributed by atoms with Crippen molar-refractivity contribution in [3.63, 3.8) is 0 Å². The van der Waals surface area contributed by atoms with E-state index in [1.165, 1.54) is 17.8 Å². The smallest absolute Gasteiger partial charge is 0.251 e. The van der Waals surface area contributed by atoms with Crippen LogP contribution in [0, 0.1) is 12.8 Å². The lowest BCUT2D eigenvalue weighted by Crippen LogP contribution is -2.09. The normalized spacial score (nSPS) is 10.9. The second kappa shape index (κ2) is 6.62. The zero-order valence-corrected chi connectivity index (χ0v) is 13.0. The van der Waals surface area contributed by atoms with Gasteiger partial charge < -0.3 is 15.5 Å². The van der Waals surface area contributed by atoms with Crippen LogP contribution in [0.2, 0.25) is 0 Å². The Bertz CT molecular complexity index is 685. The number of aromatic nitrogens is 3. The molecule has 0 fully saturated rings. The molecule has 0 saturated carbocycles. The van der Waals surface area contributed by atoms with E-state index >= 15 is 0 Å². The lowest BCUT2D eigenvalue weighted by Gasteiger charge is -2.10. The number of rotatable bonds is 5. The van der Waals surface area contributed by atoms with Crippen LogP contribution in [0.25, 0.3) is 0 Å². The number of hydrogen-bond donors (Lipinski definition) is 2. The summed E-state index contributed by atoms with van der Waals surface area (Å²) in [5.41, 5.74) is 6.82. The quantitative estimate of drug-likeness (QED) is 0.823. The molecule has 0 saturated heterocycles. The van der Waals surface area contributed by atoms with E-state index in [4.69, 9.17) is 10.5 Å². The molecule has 112 valence electrons. The van der Waals surface area contributed by atoms with Crippen molar-refractivity contribution in [3.05, 3.63) is 34.2 Å². The van der Waals surface area contributed by atoms with Crippen molar-refractivity contribution < 1.29 is 4.74 Å². The van der Waals surface area contributed by atoms with Crippen molar-refractivity contribution in [1.82, 2.24) is 15.0 Å². The van der Waals surface area contributed by atoms with Crippen LogP contribution >= 0.6 is 11.8 Å². The van der Waals surface area contributed by atoms with Crippen LogP contribution in [0.5, 0.6) is 5.88 Å². The molecule has 2 heterocycles. The van der Waals surface area contributed by atoms with Gasteiger partial charge in [-0.25, -0.2) is 9.97 Å². The lowest BCUT2D eigenvalue weighted by molar-refractivity contribution is 0.261. The van der Waals surface area contributed by atoms with Gasteiger partial charge in [0, 0.05) is 11.8 Å². The first kappa shape index (κ1) is 15.4. The summed E-state index contributed by atoms with van der Waals surface area (Å²) in [7, 11) is 0. The van der Waals surface area contributed by atoms with E-state index in [0.29, 0.717) is 40.0 Å². The molecule has 2 rings (SSSR count). The van der Waals surface area contributed by atoms with Gasteiger partial charge in [-0.2, -0.15) is 0 Å². The number of pyridine rings is 1. The number of H-pyrrole nitrogens is 1. The molecule has 0 bridgehead atoms. The third-order valence-electron chi connectivity index (χ3n) is 2.47. The molecule has 2 aromatic rings. The Morgan fingerprint density at radius 3 is 2.81 bits per heavy atom. The van der Waals surface area contributed by atoms with Gasteiger partial charge in [-0.1, -0.05) is 13.8 Å². The fourth-order valence-electron chi connectivity index (χ4n) is 1.55. The summed E-state index contributed by atoms with van der Waals surface area (Å²) in [5, 5.41) is 1.16. The van der Waals surface area contributed by atoms with E-state index in [2.05, 4.69) is 28.8 Å². The van der Waals surface area contributed by atoms with E-state index < -0.39 is 0 Å². The summed E-state index contributed by atoms with van der Waals surface area (Å²) in [6.45, 7) is 6.42. The van der Waals surface area contributed by atoms with Gasteiger partial charge in [0.2, 0.25) is 5.88 Å². The Hall–Kier alpha value is -2.02. The maximum Gasteiger partial charge on any atom is 0.251 e. The molecule has 21 heavy (non-hydrogen) atoms. The molecule has 0 amide bonds. The van der Waals surface area contributed by atoms with E-state index in [1.54, 1.807) is 19.1 Å². The SMILES string of the molecule is Cc1cc(=O)[nH]c(Sc2ccc(N)c(OCC(C)C)n2)n1. The van der Waals surface area contributed by atoms with Gasteiger partial charge in [-0.3, -0.25) is 4.79 Å². The van der Waals surface area contributed by atoms with Crippen molar-refractivity contribution in [2.24, 2.45) is 5.92 Å². The fourth-order valence-corrected chi connectivity index (χ4v) is 2.36. The highest BCUT2D eigenvalue weighted by Gasteiger charge is 2.08. The standard InChI is InChI=1S/C14H18N4O2S/c1-8(2)7-20-13-10(15)4-5-12(18-13)21-14-16-9(3)6-11(19)17-14/h4-6,8H,7,15H2,1-3H3,(H,16,17,19). The number of ether oxygens (including phenoxy) is 1. The lowest BCUT2D eigenvalue weighted by atomic mass is 10.2. The first-order valence-corrected chi connectivity index (χ1v) is 7.41. The predicted octanol–water partition coefficient (Wildman–Crippen LogP) is 2.24. The zero-order chi connectivity index (χ0) is 15.4. The molecular formula is C14H18N4O2S. The van der Waals surface area contributed by atoms with Crippen molar-refractivity contribution in [2.75, 3.05) is 12.3 Å². The molecule has 2 aromatic heterocycles. The molecule has 0 aromatic carbocycles. The van der Waals surface area contributed by atoms with Gasteiger partial charge in [-0.05, 0) is 36.7 Å². The highest BCUT2D eigenvalue weighted by molar-refractivity contribution is 7.99. The van der Waals surface area contributed by atoms with Gasteiger partial charge in [0.05, 0.1) is 12.3 Å². The number of anilines is 1. The van der Waals surface area contributed by atoms with Gasteiger partial charge in [-0.15, -0.1) is 0 Å². The average Bonchev–Trinajstić information content (AvgIpc) is 2.38. The first-order chi connectivity index (χ1) is 9.94. The number of nitrogen functional groups attached to an aromatic ring is 1. The van der Waals surface area contributed by atoms with Gasteiger partial charge in [0.15, 0.2) is 5.16 Å². The minimum Gasteiger partial charge on any atom is -0.476 e. The maximum atomic E-state index is 11.4. The van der Waals surface area contributed by atoms with Crippen molar-refractivity contribution >= 4 is 17.4 Å². The van der Waals surface area contributed by atoms with Gasteiger partial charge >= 0.3 is 0 Å². The second-order valence-corrected chi connectivity index (χ2v) is 6.05. The molecular weight excluding hydrogens is 288 g/mol. The molecule has 0 spiro atoms. The Morgan fingerprint density at radius 2 is 2.14 bits per heavy atom. The molecule has 7 heteroatoms. The largest absolute Gasteiger partial charge is 0.476 e.